The fourth-order valence-electron chi connectivity index (χ4n) is 9.87. The van der Waals surface area contributed by atoms with Crippen LogP contribution in [0.25, 0.3) is 0 Å². The van der Waals surface area contributed by atoms with Gasteiger partial charge in [-0.15, -0.1) is 0 Å². The average molecular weight is 440 g/mol. The van der Waals surface area contributed by atoms with Gasteiger partial charge in [-0.3, -0.25) is 0 Å². The van der Waals surface area contributed by atoms with Crippen LogP contribution in [0.5, 0.6) is 0 Å². The van der Waals surface area contributed by atoms with Crippen LogP contribution < -0.4 is 0 Å². The molecule has 3 nitrogen and oxygen atoms in total. The van der Waals surface area contributed by atoms with Crippen molar-refractivity contribution in [1.29, 1.82) is 0 Å². The zero-order valence-electron chi connectivity index (χ0n) is 20.6. The van der Waals surface area contributed by atoms with E-state index in [4.69, 9.17) is 9.15 Å². The molecule has 1 saturated heterocycles. The van der Waals surface area contributed by atoms with Gasteiger partial charge in [-0.1, -0.05) is 26.7 Å². The Hall–Kier alpha value is -0.800. The highest BCUT2D eigenvalue weighted by Crippen LogP contribution is 2.71. The molecule has 7 atom stereocenters. The predicted octanol–water partition coefficient (Wildman–Crippen LogP) is 7.02. The van der Waals surface area contributed by atoms with Gasteiger partial charge < -0.3 is 14.1 Å². The molecule has 178 valence electrons. The van der Waals surface area contributed by atoms with Gasteiger partial charge in [0, 0.05) is 12.0 Å². The maximum Gasteiger partial charge on any atom is 0.136 e. The number of hydrogen-bond acceptors (Lipinski definition) is 3. The molecule has 0 radical (unpaired) electrons. The summed E-state index contributed by atoms with van der Waals surface area (Å²) in [6.45, 7) is 9.71. The average Bonchev–Trinajstić information content (AvgIpc) is 3.55. The molecule has 0 amide bonds. The van der Waals surface area contributed by atoms with E-state index in [2.05, 4.69) is 30.9 Å². The molecule has 4 saturated carbocycles. The summed E-state index contributed by atoms with van der Waals surface area (Å²) >= 11 is 0. The molecule has 32 heavy (non-hydrogen) atoms. The summed E-state index contributed by atoms with van der Waals surface area (Å²) in [5.74, 6) is 4.73. The molecule has 6 rings (SSSR count). The van der Waals surface area contributed by atoms with Crippen molar-refractivity contribution in [2.45, 2.75) is 96.5 Å². The second-order valence-electron chi connectivity index (χ2n) is 12.6. The molecule has 0 N–H and O–H groups in total. The van der Waals surface area contributed by atoms with Crippen molar-refractivity contribution in [1.82, 2.24) is 4.90 Å². The molecule has 4 aliphatic carbocycles. The van der Waals surface area contributed by atoms with Gasteiger partial charge in [0.2, 0.25) is 0 Å². The molecule has 1 aliphatic heterocycles. The number of likely N-dealkylation sites (tertiary alicyclic amines) is 1. The van der Waals surface area contributed by atoms with Crippen LogP contribution in [0.3, 0.4) is 0 Å². The minimum absolute atomic E-state index is 0.203. The molecular formula is C29H45NO2. The van der Waals surface area contributed by atoms with Crippen LogP contribution in [-0.2, 0) is 10.3 Å². The smallest absolute Gasteiger partial charge is 0.136 e. The largest absolute Gasteiger partial charge is 0.466 e. The Kier molecular flexibility index (Phi) is 5.53. The quantitative estimate of drug-likeness (QED) is 0.493. The van der Waals surface area contributed by atoms with Gasteiger partial charge in [-0.25, -0.2) is 0 Å². The lowest BCUT2D eigenvalue weighted by molar-refractivity contribution is -0.186. The number of fused-ring (bicyclic) bond motifs is 5. The van der Waals surface area contributed by atoms with Gasteiger partial charge in [0.1, 0.15) is 11.4 Å². The Morgan fingerprint density at radius 1 is 0.938 bits per heavy atom. The number of ether oxygens (including phenoxy) is 1. The monoisotopic (exact) mass is 439 g/mol. The normalized spacial score (nSPS) is 46.6. The molecule has 0 bridgehead atoms. The standard InChI is InChI=1S/C29H45NO2/c1-27-14-4-3-8-22(27)10-11-23-24(27)12-15-28(2)25(23)13-16-29(28,26-9-7-20-31-26)32-21-19-30-17-5-6-18-30/h7,9,20,22-25H,3-6,8,10-19,21H2,1-2H3/t22-,23+,24-,25-,27-,28-,29-/m0/s1. The van der Waals surface area contributed by atoms with E-state index in [9.17, 15) is 0 Å². The van der Waals surface area contributed by atoms with E-state index in [1.54, 1.807) is 0 Å². The number of hydrogen-bond donors (Lipinski definition) is 0. The third kappa shape index (κ3) is 3.13. The number of nitrogens with zero attached hydrogens (tertiary/aromatic N) is 1. The lowest BCUT2D eigenvalue weighted by Gasteiger charge is -2.61. The van der Waals surface area contributed by atoms with E-state index in [1.165, 1.54) is 83.7 Å². The molecular weight excluding hydrogens is 394 g/mol. The Balaban J connectivity index is 1.27. The minimum atomic E-state index is -0.226. The Bertz CT molecular complexity index is 785. The minimum Gasteiger partial charge on any atom is -0.466 e. The van der Waals surface area contributed by atoms with Crippen LogP contribution in [0, 0.1) is 34.5 Å². The Morgan fingerprint density at radius 2 is 1.78 bits per heavy atom. The van der Waals surface area contributed by atoms with Gasteiger partial charge in [-0.2, -0.15) is 0 Å². The second-order valence-corrected chi connectivity index (χ2v) is 12.6. The SMILES string of the molecule is C[C@]12CCCC[C@H]1CC[C@@H]1[C@@H]2CC[C@@]2(C)[C@H]1CC[C@]2(OCCN1CCCC1)c1ccco1. The van der Waals surface area contributed by atoms with Crippen molar-refractivity contribution in [3.63, 3.8) is 0 Å². The van der Waals surface area contributed by atoms with Crippen LogP contribution in [0.2, 0.25) is 0 Å². The summed E-state index contributed by atoms with van der Waals surface area (Å²) < 4.78 is 13.2. The molecule has 0 unspecified atom stereocenters. The number of furan rings is 1. The van der Waals surface area contributed by atoms with E-state index >= 15 is 0 Å². The first-order chi connectivity index (χ1) is 15.6. The summed E-state index contributed by atoms with van der Waals surface area (Å²) in [5, 5.41) is 0. The van der Waals surface area contributed by atoms with Crippen molar-refractivity contribution in [2.75, 3.05) is 26.2 Å². The van der Waals surface area contributed by atoms with Gasteiger partial charge >= 0.3 is 0 Å². The van der Waals surface area contributed by atoms with Crippen LogP contribution >= 0.6 is 0 Å². The topological polar surface area (TPSA) is 25.6 Å². The molecule has 1 aromatic rings. The summed E-state index contributed by atoms with van der Waals surface area (Å²) in [4.78, 5) is 2.59. The van der Waals surface area contributed by atoms with Crippen molar-refractivity contribution in [2.24, 2.45) is 34.5 Å². The Morgan fingerprint density at radius 3 is 2.59 bits per heavy atom. The van der Waals surface area contributed by atoms with E-state index in [-0.39, 0.29) is 11.0 Å². The number of rotatable bonds is 5. The van der Waals surface area contributed by atoms with Crippen LogP contribution in [0.4, 0.5) is 0 Å². The van der Waals surface area contributed by atoms with Gasteiger partial charge in [0.05, 0.1) is 12.9 Å². The lowest BCUT2D eigenvalue weighted by Crippen LogP contribution is -2.56. The van der Waals surface area contributed by atoms with E-state index < -0.39 is 0 Å². The molecule has 3 heteroatoms. The van der Waals surface area contributed by atoms with Crippen LogP contribution in [-0.4, -0.2) is 31.1 Å². The molecule has 5 aliphatic rings. The third-order valence-corrected chi connectivity index (χ3v) is 11.6. The lowest BCUT2D eigenvalue weighted by atomic mass is 9.44. The molecule has 5 fully saturated rings. The maximum absolute atomic E-state index is 7.05. The molecule has 0 aromatic carbocycles. The first-order valence-corrected chi connectivity index (χ1v) is 14.0. The van der Waals surface area contributed by atoms with Crippen molar-refractivity contribution < 1.29 is 9.15 Å². The maximum atomic E-state index is 7.05. The summed E-state index contributed by atoms with van der Waals surface area (Å²) in [6, 6.07) is 4.30. The second kappa shape index (κ2) is 8.15. The zero-order chi connectivity index (χ0) is 21.8. The highest BCUT2D eigenvalue weighted by molar-refractivity contribution is 5.23. The predicted molar refractivity (Wildman–Crippen MR) is 128 cm³/mol. The third-order valence-electron chi connectivity index (χ3n) is 11.6. The highest BCUT2D eigenvalue weighted by atomic mass is 16.5. The van der Waals surface area contributed by atoms with Gasteiger partial charge in [0.25, 0.3) is 0 Å². The van der Waals surface area contributed by atoms with Crippen molar-refractivity contribution >= 4 is 0 Å². The van der Waals surface area contributed by atoms with Crippen LogP contribution in [0.15, 0.2) is 22.8 Å². The van der Waals surface area contributed by atoms with E-state index in [0.717, 1.165) is 49.0 Å². The Labute approximate surface area is 195 Å². The van der Waals surface area contributed by atoms with E-state index in [1.807, 2.05) is 6.26 Å². The summed E-state index contributed by atoms with van der Waals surface area (Å²) in [7, 11) is 0. The van der Waals surface area contributed by atoms with Crippen molar-refractivity contribution in [3.8, 4) is 0 Å². The van der Waals surface area contributed by atoms with Gasteiger partial charge in [0.15, 0.2) is 0 Å². The fraction of sp³-hybridized carbons (Fsp3) is 0.862. The van der Waals surface area contributed by atoms with Crippen LogP contribution in [0.1, 0.15) is 96.7 Å². The highest BCUT2D eigenvalue weighted by Gasteiger charge is 2.66. The summed E-state index contributed by atoms with van der Waals surface area (Å²) in [5.41, 5.74) is 0.583. The summed E-state index contributed by atoms with van der Waals surface area (Å²) in [6.07, 6.45) is 18.6. The fourth-order valence-corrected chi connectivity index (χ4v) is 9.87. The molecule has 2 heterocycles. The first-order valence-electron chi connectivity index (χ1n) is 14.0. The first kappa shape index (κ1) is 21.7. The van der Waals surface area contributed by atoms with Gasteiger partial charge in [-0.05, 0) is 119 Å². The molecule has 0 spiro atoms. The zero-order valence-corrected chi connectivity index (χ0v) is 20.6. The van der Waals surface area contributed by atoms with E-state index in [0.29, 0.717) is 5.41 Å². The molecule has 1 aromatic heterocycles. The van der Waals surface area contributed by atoms with Crippen molar-refractivity contribution in [3.05, 3.63) is 24.2 Å².